The third-order valence-corrected chi connectivity index (χ3v) is 9.85. The van der Waals surface area contributed by atoms with Crippen LogP contribution < -0.4 is 4.90 Å². The Balaban J connectivity index is 1.35. The van der Waals surface area contributed by atoms with E-state index in [0.29, 0.717) is 5.96 Å². The van der Waals surface area contributed by atoms with Crippen molar-refractivity contribution in [1.29, 1.82) is 5.41 Å². The number of nitrogens with zero attached hydrogens (tertiary/aromatic N) is 5. The summed E-state index contributed by atoms with van der Waals surface area (Å²) < 4.78 is 0. The van der Waals surface area contributed by atoms with Crippen LogP contribution in [0.15, 0.2) is 42.6 Å². The third kappa shape index (κ3) is 5.34. The molecule has 206 valence electrons. The predicted octanol–water partition coefficient (Wildman–Crippen LogP) is 6.62. The fourth-order valence-electron chi connectivity index (χ4n) is 7.07. The topological polar surface area (TPSA) is 59.4 Å². The summed E-state index contributed by atoms with van der Waals surface area (Å²) in [6.07, 6.45) is 17.5. The highest BCUT2D eigenvalue weighted by atomic mass is 15.5. The van der Waals surface area contributed by atoms with E-state index in [9.17, 15) is 5.41 Å². The molecule has 2 heterocycles. The van der Waals surface area contributed by atoms with Crippen molar-refractivity contribution in [3.05, 3.63) is 54.0 Å². The van der Waals surface area contributed by atoms with Crippen LogP contribution in [0, 0.1) is 11.3 Å². The molecule has 1 aromatic heterocycles. The maximum Gasteiger partial charge on any atom is 0.200 e. The summed E-state index contributed by atoms with van der Waals surface area (Å²) in [5.41, 5.74) is 1.49. The van der Waals surface area contributed by atoms with E-state index in [1.54, 1.807) is 0 Å². The molecule has 3 fully saturated rings. The van der Waals surface area contributed by atoms with Crippen molar-refractivity contribution < 1.29 is 0 Å². The molecule has 6 heteroatoms. The summed E-state index contributed by atoms with van der Waals surface area (Å²) in [5.74, 6) is 3.22. The van der Waals surface area contributed by atoms with E-state index in [1.165, 1.54) is 50.5 Å². The molecule has 2 aromatic rings. The summed E-state index contributed by atoms with van der Waals surface area (Å²) in [6, 6.07) is 13.1. The molecule has 1 spiro atoms. The predicted molar refractivity (Wildman–Crippen MR) is 157 cm³/mol. The standard InChI is InChI=1S/C32H48N6/c1-4-5-6-7-11-17-28-34-23-18-29(35-28)37-25-31(38(30(37)33)24-26-13-12-14-26)19-21-32(22-20-31,36(2)3)27-15-9-8-10-16-27/h8-10,15-16,18,23,26,33H,4-7,11-14,17,19-22,24-25H2,1-3H3. The zero-order chi connectivity index (χ0) is 26.6. The van der Waals surface area contributed by atoms with E-state index in [1.807, 2.05) is 12.3 Å². The first kappa shape index (κ1) is 27.1. The number of hydrogen-bond donors (Lipinski definition) is 1. The molecule has 0 amide bonds. The van der Waals surface area contributed by atoms with Crippen molar-refractivity contribution in [2.45, 2.75) is 101 Å². The highest BCUT2D eigenvalue weighted by Gasteiger charge is 2.54. The number of benzene rings is 1. The van der Waals surface area contributed by atoms with Gasteiger partial charge in [-0.2, -0.15) is 0 Å². The molecular formula is C32H48N6. The Bertz CT molecular complexity index is 1050. The van der Waals surface area contributed by atoms with Crippen molar-refractivity contribution in [2.75, 3.05) is 32.1 Å². The van der Waals surface area contributed by atoms with Gasteiger partial charge in [0.2, 0.25) is 0 Å². The second-order valence-electron chi connectivity index (χ2n) is 12.3. The number of hydrogen-bond acceptors (Lipinski definition) is 4. The number of unbranched alkanes of at least 4 members (excludes halogenated alkanes) is 4. The Labute approximate surface area is 230 Å². The number of aryl methyl sites for hydroxylation is 1. The van der Waals surface area contributed by atoms with Gasteiger partial charge in [-0.25, -0.2) is 9.97 Å². The van der Waals surface area contributed by atoms with Crippen molar-refractivity contribution in [2.24, 2.45) is 5.92 Å². The monoisotopic (exact) mass is 516 g/mol. The van der Waals surface area contributed by atoms with E-state index in [0.717, 1.165) is 69.2 Å². The molecule has 1 aromatic carbocycles. The smallest absolute Gasteiger partial charge is 0.200 e. The quantitative estimate of drug-likeness (QED) is 0.340. The summed E-state index contributed by atoms with van der Waals surface area (Å²) in [5, 5.41) is 9.37. The maximum absolute atomic E-state index is 9.37. The van der Waals surface area contributed by atoms with Gasteiger partial charge in [-0.1, -0.05) is 69.4 Å². The van der Waals surface area contributed by atoms with Crippen molar-refractivity contribution in [3.63, 3.8) is 0 Å². The lowest BCUT2D eigenvalue weighted by Gasteiger charge is -2.52. The van der Waals surface area contributed by atoms with Gasteiger partial charge in [0.15, 0.2) is 5.96 Å². The Morgan fingerprint density at radius 1 is 0.974 bits per heavy atom. The first-order chi connectivity index (χ1) is 18.5. The van der Waals surface area contributed by atoms with Gasteiger partial charge in [0.25, 0.3) is 0 Å². The van der Waals surface area contributed by atoms with Crippen LogP contribution in [0.1, 0.15) is 95.4 Å². The zero-order valence-electron chi connectivity index (χ0n) is 24.0. The molecule has 6 nitrogen and oxygen atoms in total. The Morgan fingerprint density at radius 2 is 1.71 bits per heavy atom. The van der Waals surface area contributed by atoms with Crippen LogP contribution in [0.4, 0.5) is 5.82 Å². The fourth-order valence-corrected chi connectivity index (χ4v) is 7.07. The second kappa shape index (κ2) is 11.7. The fraction of sp³-hybridized carbons (Fsp3) is 0.656. The summed E-state index contributed by atoms with van der Waals surface area (Å²) in [4.78, 5) is 16.7. The minimum absolute atomic E-state index is 0.00618. The van der Waals surface area contributed by atoms with Gasteiger partial charge in [-0.15, -0.1) is 0 Å². The highest BCUT2D eigenvalue weighted by Crippen LogP contribution is 2.50. The Morgan fingerprint density at radius 3 is 2.37 bits per heavy atom. The van der Waals surface area contributed by atoms with E-state index in [4.69, 9.17) is 4.98 Å². The molecule has 0 unspecified atom stereocenters. The summed E-state index contributed by atoms with van der Waals surface area (Å²) >= 11 is 0. The van der Waals surface area contributed by atoms with Gasteiger partial charge in [0.05, 0.1) is 12.1 Å². The summed E-state index contributed by atoms with van der Waals surface area (Å²) in [7, 11) is 4.48. The van der Waals surface area contributed by atoms with Crippen molar-refractivity contribution in [1.82, 2.24) is 19.8 Å². The van der Waals surface area contributed by atoms with Crippen molar-refractivity contribution in [3.8, 4) is 0 Å². The number of guanidine groups is 1. The molecule has 0 radical (unpaired) electrons. The highest BCUT2D eigenvalue weighted by molar-refractivity contribution is 5.96. The van der Waals surface area contributed by atoms with Crippen LogP contribution >= 0.6 is 0 Å². The molecule has 0 bridgehead atoms. The van der Waals surface area contributed by atoms with E-state index in [2.05, 4.69) is 71.0 Å². The van der Waals surface area contributed by atoms with Crippen LogP contribution in [-0.4, -0.2) is 58.5 Å². The summed E-state index contributed by atoms with van der Waals surface area (Å²) in [6.45, 7) is 4.14. The number of rotatable bonds is 11. The molecule has 1 saturated heterocycles. The van der Waals surface area contributed by atoms with Gasteiger partial charge >= 0.3 is 0 Å². The largest absolute Gasteiger partial charge is 0.335 e. The molecule has 1 N–H and O–H groups in total. The van der Waals surface area contributed by atoms with Gasteiger partial charge in [0, 0.05) is 24.7 Å². The third-order valence-electron chi connectivity index (χ3n) is 9.85. The zero-order valence-corrected chi connectivity index (χ0v) is 24.0. The molecular weight excluding hydrogens is 468 g/mol. The lowest BCUT2D eigenvalue weighted by atomic mass is 9.68. The van der Waals surface area contributed by atoms with Crippen LogP contribution in [-0.2, 0) is 12.0 Å². The Hall–Kier alpha value is -2.47. The van der Waals surface area contributed by atoms with Gasteiger partial charge in [-0.3, -0.25) is 15.2 Å². The van der Waals surface area contributed by atoms with Gasteiger partial charge < -0.3 is 4.90 Å². The lowest BCUT2D eigenvalue weighted by Crippen LogP contribution is -2.56. The number of aromatic nitrogens is 2. The second-order valence-corrected chi connectivity index (χ2v) is 12.3. The maximum atomic E-state index is 9.37. The van der Waals surface area contributed by atoms with Crippen LogP contribution in [0.5, 0.6) is 0 Å². The molecule has 1 aliphatic heterocycles. The van der Waals surface area contributed by atoms with E-state index in [-0.39, 0.29) is 11.1 Å². The lowest BCUT2D eigenvalue weighted by molar-refractivity contribution is 0.0234. The van der Waals surface area contributed by atoms with Crippen LogP contribution in [0.2, 0.25) is 0 Å². The van der Waals surface area contributed by atoms with E-state index >= 15 is 0 Å². The van der Waals surface area contributed by atoms with Crippen LogP contribution in [0.3, 0.4) is 0 Å². The van der Waals surface area contributed by atoms with Crippen molar-refractivity contribution >= 4 is 11.8 Å². The van der Waals surface area contributed by atoms with E-state index < -0.39 is 0 Å². The molecule has 2 aliphatic carbocycles. The normalized spacial score (nSPS) is 25.9. The Kier molecular flexibility index (Phi) is 8.37. The van der Waals surface area contributed by atoms with Crippen LogP contribution in [0.25, 0.3) is 0 Å². The molecule has 5 rings (SSSR count). The average Bonchev–Trinajstić information content (AvgIpc) is 3.18. The van der Waals surface area contributed by atoms with Gasteiger partial charge in [0.1, 0.15) is 11.6 Å². The van der Waals surface area contributed by atoms with Gasteiger partial charge in [-0.05, 0) is 76.6 Å². The molecule has 2 saturated carbocycles. The molecule has 0 atom stereocenters. The average molecular weight is 517 g/mol. The molecule has 3 aliphatic rings. The first-order valence-corrected chi connectivity index (χ1v) is 15.2. The number of nitrogens with one attached hydrogen (secondary N) is 1. The minimum atomic E-state index is 0.00618. The minimum Gasteiger partial charge on any atom is -0.335 e. The molecule has 38 heavy (non-hydrogen) atoms. The first-order valence-electron chi connectivity index (χ1n) is 15.2. The SMILES string of the molecule is CCCCCCCc1nccc(N2CC3(CCC(c4ccccc4)(N(C)C)CC3)N(CC3CCC3)C2=N)n1. The number of anilines is 1.